The van der Waals surface area contributed by atoms with Crippen LogP contribution in [-0.4, -0.2) is 24.6 Å². The summed E-state index contributed by atoms with van der Waals surface area (Å²) in [6.07, 6.45) is 1.09. The van der Waals surface area contributed by atoms with E-state index in [0.717, 1.165) is 23.5 Å². The standard InChI is InChI=1S/C15H22N2O2/c1-5-11(4)17-9-14(18)16-15-12(17)7-6-8-13(15)19-10(2)3/h6-8,10-11H,5,9H2,1-4H3,(H,16,18). The van der Waals surface area contributed by atoms with Gasteiger partial charge in [-0.2, -0.15) is 0 Å². The molecular formula is C15H22N2O2. The fourth-order valence-corrected chi connectivity index (χ4v) is 2.27. The molecular weight excluding hydrogens is 240 g/mol. The molecule has 0 aliphatic carbocycles. The molecule has 19 heavy (non-hydrogen) atoms. The van der Waals surface area contributed by atoms with Gasteiger partial charge in [-0.05, 0) is 39.3 Å². The minimum absolute atomic E-state index is 0.0209. The number of amides is 1. The van der Waals surface area contributed by atoms with Crippen molar-refractivity contribution in [2.45, 2.75) is 46.3 Å². The van der Waals surface area contributed by atoms with E-state index in [9.17, 15) is 4.79 Å². The smallest absolute Gasteiger partial charge is 0.244 e. The third-order valence-corrected chi connectivity index (χ3v) is 3.38. The fraction of sp³-hybridized carbons (Fsp3) is 0.533. The van der Waals surface area contributed by atoms with Crippen molar-refractivity contribution in [1.82, 2.24) is 0 Å². The molecule has 4 nitrogen and oxygen atoms in total. The third kappa shape index (κ3) is 2.83. The minimum atomic E-state index is 0.0209. The van der Waals surface area contributed by atoms with Crippen LogP contribution in [0, 0.1) is 0 Å². The van der Waals surface area contributed by atoms with Crippen LogP contribution in [-0.2, 0) is 4.79 Å². The molecule has 0 saturated heterocycles. The Bertz CT molecular complexity index is 471. The maximum atomic E-state index is 11.9. The Morgan fingerprint density at radius 1 is 1.37 bits per heavy atom. The van der Waals surface area contributed by atoms with Gasteiger partial charge in [0.15, 0.2) is 0 Å². The summed E-state index contributed by atoms with van der Waals surface area (Å²) in [6.45, 7) is 8.64. The number of fused-ring (bicyclic) bond motifs is 1. The van der Waals surface area contributed by atoms with E-state index < -0.39 is 0 Å². The molecule has 1 aromatic rings. The number of nitrogens with one attached hydrogen (secondary N) is 1. The Kier molecular flexibility index (Phi) is 3.98. The average molecular weight is 262 g/mol. The molecule has 1 aliphatic heterocycles. The molecule has 1 heterocycles. The summed E-state index contributed by atoms with van der Waals surface area (Å²) in [6, 6.07) is 6.25. The summed E-state index contributed by atoms with van der Waals surface area (Å²) in [5.74, 6) is 0.765. The predicted molar refractivity (Wildman–Crippen MR) is 77.9 cm³/mol. The Hall–Kier alpha value is -1.71. The van der Waals surface area contributed by atoms with Crippen molar-refractivity contribution >= 4 is 17.3 Å². The lowest BCUT2D eigenvalue weighted by Gasteiger charge is -2.36. The molecule has 0 aromatic heterocycles. The second-order valence-corrected chi connectivity index (χ2v) is 5.25. The number of rotatable bonds is 4. The lowest BCUT2D eigenvalue weighted by atomic mass is 10.1. The first-order valence-corrected chi connectivity index (χ1v) is 6.89. The van der Waals surface area contributed by atoms with Gasteiger partial charge < -0.3 is 15.0 Å². The molecule has 2 rings (SSSR count). The maximum Gasteiger partial charge on any atom is 0.244 e. The van der Waals surface area contributed by atoms with E-state index in [-0.39, 0.29) is 12.0 Å². The van der Waals surface area contributed by atoms with Crippen LogP contribution in [0.25, 0.3) is 0 Å². The normalized spacial score (nSPS) is 16.1. The van der Waals surface area contributed by atoms with Gasteiger partial charge in [-0.1, -0.05) is 13.0 Å². The lowest BCUT2D eigenvalue weighted by molar-refractivity contribution is -0.115. The number of anilines is 2. The molecule has 104 valence electrons. The largest absolute Gasteiger partial charge is 0.489 e. The molecule has 0 fully saturated rings. The molecule has 1 amide bonds. The zero-order valence-electron chi connectivity index (χ0n) is 12.1. The first-order chi connectivity index (χ1) is 9.02. The van der Waals surface area contributed by atoms with Gasteiger partial charge >= 0.3 is 0 Å². The van der Waals surface area contributed by atoms with Crippen molar-refractivity contribution in [1.29, 1.82) is 0 Å². The molecule has 0 saturated carbocycles. The first-order valence-electron chi connectivity index (χ1n) is 6.89. The van der Waals surface area contributed by atoms with Gasteiger partial charge in [0.2, 0.25) is 5.91 Å². The van der Waals surface area contributed by atoms with Crippen LogP contribution in [0.1, 0.15) is 34.1 Å². The van der Waals surface area contributed by atoms with Crippen LogP contribution in [0.4, 0.5) is 11.4 Å². The van der Waals surface area contributed by atoms with Crippen molar-refractivity contribution < 1.29 is 9.53 Å². The molecule has 1 aromatic carbocycles. The summed E-state index contributed by atoms with van der Waals surface area (Å²) in [4.78, 5) is 14.0. The minimum Gasteiger partial charge on any atom is -0.489 e. The third-order valence-electron chi connectivity index (χ3n) is 3.38. The topological polar surface area (TPSA) is 41.6 Å². The van der Waals surface area contributed by atoms with E-state index >= 15 is 0 Å². The van der Waals surface area contributed by atoms with Gasteiger partial charge in [-0.25, -0.2) is 0 Å². The first kappa shape index (κ1) is 13.7. The average Bonchev–Trinajstić information content (AvgIpc) is 2.37. The van der Waals surface area contributed by atoms with Gasteiger partial charge in [0.1, 0.15) is 11.4 Å². The van der Waals surface area contributed by atoms with E-state index in [1.54, 1.807) is 0 Å². The van der Waals surface area contributed by atoms with Crippen molar-refractivity contribution in [3.8, 4) is 5.75 Å². The molecule has 1 N–H and O–H groups in total. The molecule has 1 aliphatic rings. The highest BCUT2D eigenvalue weighted by atomic mass is 16.5. The van der Waals surface area contributed by atoms with Crippen molar-refractivity contribution in [3.63, 3.8) is 0 Å². The summed E-state index contributed by atoms with van der Waals surface area (Å²) < 4.78 is 5.78. The van der Waals surface area contributed by atoms with Crippen LogP contribution >= 0.6 is 0 Å². The number of nitrogens with zero attached hydrogens (tertiary/aromatic N) is 1. The lowest BCUT2D eigenvalue weighted by Crippen LogP contribution is -2.43. The number of hydrogen-bond acceptors (Lipinski definition) is 3. The van der Waals surface area contributed by atoms with Gasteiger partial charge in [-0.3, -0.25) is 4.79 Å². The Labute approximate surface area is 114 Å². The highest BCUT2D eigenvalue weighted by molar-refractivity contribution is 6.03. The monoisotopic (exact) mass is 262 g/mol. The van der Waals surface area contributed by atoms with E-state index in [2.05, 4.69) is 24.1 Å². The van der Waals surface area contributed by atoms with Crippen LogP contribution < -0.4 is 15.0 Å². The maximum absolute atomic E-state index is 11.9. The van der Waals surface area contributed by atoms with Gasteiger partial charge in [0.05, 0.1) is 18.3 Å². The Morgan fingerprint density at radius 3 is 2.74 bits per heavy atom. The van der Waals surface area contributed by atoms with E-state index in [1.807, 2.05) is 32.0 Å². The van der Waals surface area contributed by atoms with E-state index in [0.29, 0.717) is 12.6 Å². The molecule has 0 spiro atoms. The molecule has 1 atom stereocenters. The van der Waals surface area contributed by atoms with Crippen molar-refractivity contribution in [2.24, 2.45) is 0 Å². The highest BCUT2D eigenvalue weighted by Gasteiger charge is 2.27. The SMILES string of the molecule is CCC(C)N1CC(=O)Nc2c(OC(C)C)cccc21. The van der Waals surface area contributed by atoms with E-state index in [4.69, 9.17) is 4.74 Å². The van der Waals surface area contributed by atoms with Gasteiger partial charge in [0.25, 0.3) is 0 Å². The molecule has 0 bridgehead atoms. The van der Waals surface area contributed by atoms with Crippen molar-refractivity contribution in [3.05, 3.63) is 18.2 Å². The summed E-state index contributed by atoms with van der Waals surface area (Å²) in [5, 5.41) is 2.94. The van der Waals surface area contributed by atoms with Crippen LogP contribution in [0.5, 0.6) is 5.75 Å². The number of carbonyl (C=O) groups is 1. The quantitative estimate of drug-likeness (QED) is 0.906. The number of benzene rings is 1. The second kappa shape index (κ2) is 5.51. The number of hydrogen-bond donors (Lipinski definition) is 1. The number of ether oxygens (including phenoxy) is 1. The molecule has 1 unspecified atom stereocenters. The van der Waals surface area contributed by atoms with Crippen LogP contribution in [0.15, 0.2) is 18.2 Å². The zero-order chi connectivity index (χ0) is 14.0. The van der Waals surface area contributed by atoms with Crippen molar-refractivity contribution in [2.75, 3.05) is 16.8 Å². The number of carbonyl (C=O) groups excluding carboxylic acids is 1. The molecule has 0 radical (unpaired) electrons. The van der Waals surface area contributed by atoms with E-state index in [1.165, 1.54) is 0 Å². The Balaban J connectivity index is 2.42. The molecule has 4 heteroatoms. The van der Waals surface area contributed by atoms with Gasteiger partial charge in [0, 0.05) is 6.04 Å². The van der Waals surface area contributed by atoms with Gasteiger partial charge in [-0.15, -0.1) is 0 Å². The zero-order valence-corrected chi connectivity index (χ0v) is 12.1. The fourth-order valence-electron chi connectivity index (χ4n) is 2.27. The predicted octanol–water partition coefficient (Wildman–Crippen LogP) is 3.03. The Morgan fingerprint density at radius 2 is 2.11 bits per heavy atom. The highest BCUT2D eigenvalue weighted by Crippen LogP contribution is 2.39. The van der Waals surface area contributed by atoms with Crippen LogP contribution in [0.2, 0.25) is 0 Å². The van der Waals surface area contributed by atoms with Crippen LogP contribution in [0.3, 0.4) is 0 Å². The second-order valence-electron chi connectivity index (χ2n) is 5.25. The summed E-state index contributed by atoms with van der Waals surface area (Å²) in [5.41, 5.74) is 1.85. The summed E-state index contributed by atoms with van der Waals surface area (Å²) in [7, 11) is 0. The number of para-hydroxylation sites is 1. The summed E-state index contributed by atoms with van der Waals surface area (Å²) >= 11 is 0.